The standard InChI is InChI=1S/C8H22OSi2/c1-8(9-2)11(6,7)10(3,4)5/h8H,1-7H3. The lowest BCUT2D eigenvalue weighted by molar-refractivity contribution is 0.174. The zero-order valence-electron chi connectivity index (χ0n) is 8.99. The van der Waals surface area contributed by atoms with Crippen molar-refractivity contribution < 1.29 is 4.74 Å². The predicted octanol–water partition coefficient (Wildman–Crippen LogP) is 2.69. The van der Waals surface area contributed by atoms with Gasteiger partial charge in [0, 0.05) is 20.4 Å². The highest BCUT2D eigenvalue weighted by atomic mass is 29.3. The molecule has 0 saturated heterocycles. The molecular formula is C8H22OSi2. The summed E-state index contributed by atoms with van der Waals surface area (Å²) in [5.74, 6) is 0. The monoisotopic (exact) mass is 190 g/mol. The maximum absolute atomic E-state index is 5.44. The lowest BCUT2D eigenvalue weighted by Crippen LogP contribution is -2.60. The summed E-state index contributed by atoms with van der Waals surface area (Å²) in [6.45, 7) is 14.5. The molecule has 1 nitrogen and oxygen atoms in total. The predicted molar refractivity (Wildman–Crippen MR) is 57.3 cm³/mol. The molecule has 0 amide bonds. The molecule has 1 unspecified atom stereocenters. The SMILES string of the molecule is COC(C)[Si](C)(C)[Si](C)(C)C. The zero-order valence-corrected chi connectivity index (χ0v) is 11.0. The van der Waals surface area contributed by atoms with Gasteiger partial charge in [0.1, 0.15) is 0 Å². The third-order valence-electron chi connectivity index (χ3n) is 3.30. The van der Waals surface area contributed by atoms with Crippen molar-refractivity contribution in [3.63, 3.8) is 0 Å². The van der Waals surface area contributed by atoms with Gasteiger partial charge in [0.15, 0.2) is 0 Å². The van der Waals surface area contributed by atoms with E-state index in [0.29, 0.717) is 5.73 Å². The van der Waals surface area contributed by atoms with E-state index >= 15 is 0 Å². The van der Waals surface area contributed by atoms with Gasteiger partial charge in [0.25, 0.3) is 0 Å². The Bertz CT molecular complexity index is 127. The van der Waals surface area contributed by atoms with Crippen LogP contribution in [0.1, 0.15) is 6.92 Å². The fraction of sp³-hybridized carbons (Fsp3) is 1.00. The van der Waals surface area contributed by atoms with Crippen LogP contribution in [0.5, 0.6) is 0 Å². The van der Waals surface area contributed by atoms with E-state index in [-0.39, 0.29) is 0 Å². The smallest absolute Gasteiger partial charge is 0.0746 e. The van der Waals surface area contributed by atoms with Crippen LogP contribution in [0, 0.1) is 0 Å². The van der Waals surface area contributed by atoms with Crippen molar-refractivity contribution in [3.05, 3.63) is 0 Å². The number of hydrogen-bond donors (Lipinski definition) is 0. The number of methoxy groups -OCH3 is 1. The molecule has 0 aromatic carbocycles. The van der Waals surface area contributed by atoms with E-state index in [1.807, 2.05) is 7.11 Å². The summed E-state index contributed by atoms with van der Waals surface area (Å²) < 4.78 is 5.44. The Kier molecular flexibility index (Phi) is 3.53. The number of hydrogen-bond acceptors (Lipinski definition) is 1. The highest BCUT2D eigenvalue weighted by molar-refractivity contribution is 7.40. The maximum atomic E-state index is 5.44. The van der Waals surface area contributed by atoms with E-state index in [1.165, 1.54) is 0 Å². The second-order valence-electron chi connectivity index (χ2n) is 4.85. The lowest BCUT2D eigenvalue weighted by Gasteiger charge is -2.39. The molecule has 3 heteroatoms. The third kappa shape index (κ3) is 2.42. The highest BCUT2D eigenvalue weighted by Crippen LogP contribution is 2.23. The number of rotatable bonds is 3. The van der Waals surface area contributed by atoms with Gasteiger partial charge in [-0.15, -0.1) is 0 Å². The third-order valence-corrected chi connectivity index (χ3v) is 22.3. The fourth-order valence-corrected chi connectivity index (χ4v) is 6.73. The fourth-order valence-electron chi connectivity index (χ4n) is 0.904. The topological polar surface area (TPSA) is 9.23 Å². The summed E-state index contributed by atoms with van der Waals surface area (Å²) in [7, 11) is -0.214. The molecule has 0 aromatic heterocycles. The van der Waals surface area contributed by atoms with Crippen molar-refractivity contribution >= 4 is 15.2 Å². The van der Waals surface area contributed by atoms with E-state index in [0.717, 1.165) is 0 Å². The van der Waals surface area contributed by atoms with Gasteiger partial charge in [0.2, 0.25) is 0 Å². The first kappa shape index (κ1) is 11.4. The molecule has 68 valence electrons. The summed E-state index contributed by atoms with van der Waals surface area (Å²) >= 11 is 0. The molecule has 0 N–H and O–H groups in total. The Balaban J connectivity index is 4.45. The largest absolute Gasteiger partial charge is 0.385 e. The van der Waals surface area contributed by atoms with E-state index in [2.05, 4.69) is 39.7 Å². The van der Waals surface area contributed by atoms with E-state index in [4.69, 9.17) is 4.74 Å². The Labute approximate surface area is 73.0 Å². The molecule has 11 heavy (non-hydrogen) atoms. The summed E-state index contributed by atoms with van der Waals surface area (Å²) in [6, 6.07) is 0. The molecule has 0 aliphatic carbocycles. The van der Waals surface area contributed by atoms with Crippen LogP contribution in [0.2, 0.25) is 32.7 Å². The first-order valence-electron chi connectivity index (χ1n) is 4.26. The Morgan fingerprint density at radius 3 is 1.45 bits per heavy atom. The molecule has 0 aromatic rings. The number of ether oxygens (including phenoxy) is 1. The van der Waals surface area contributed by atoms with Gasteiger partial charge < -0.3 is 4.74 Å². The molecule has 0 fully saturated rings. The van der Waals surface area contributed by atoms with Gasteiger partial charge in [-0.25, -0.2) is 0 Å². The van der Waals surface area contributed by atoms with E-state index < -0.39 is 15.2 Å². The zero-order chi connectivity index (χ0) is 9.28. The highest BCUT2D eigenvalue weighted by Gasteiger charge is 2.41. The summed E-state index contributed by atoms with van der Waals surface area (Å²) in [5, 5.41) is 0. The van der Waals surface area contributed by atoms with E-state index in [1.54, 1.807) is 0 Å². The van der Waals surface area contributed by atoms with Crippen LogP contribution in [0.15, 0.2) is 0 Å². The van der Waals surface area contributed by atoms with Crippen LogP contribution in [-0.4, -0.2) is 28.0 Å². The van der Waals surface area contributed by atoms with E-state index in [9.17, 15) is 0 Å². The summed E-state index contributed by atoms with van der Waals surface area (Å²) in [5.41, 5.74) is 0.508. The summed E-state index contributed by atoms with van der Waals surface area (Å²) in [6.07, 6.45) is 0. The maximum Gasteiger partial charge on any atom is 0.0746 e. The van der Waals surface area contributed by atoms with Crippen molar-refractivity contribution in [2.45, 2.75) is 45.4 Å². The molecule has 0 bridgehead atoms. The van der Waals surface area contributed by atoms with Crippen molar-refractivity contribution in [2.75, 3.05) is 7.11 Å². The van der Waals surface area contributed by atoms with Crippen LogP contribution < -0.4 is 0 Å². The van der Waals surface area contributed by atoms with Gasteiger partial charge in [-0.2, -0.15) is 0 Å². The molecule has 0 spiro atoms. The lowest BCUT2D eigenvalue weighted by atomic mass is 10.9. The first-order chi connectivity index (χ1) is 4.73. The molecule has 0 aliphatic rings. The molecular weight excluding hydrogens is 168 g/mol. The normalized spacial score (nSPS) is 16.6. The van der Waals surface area contributed by atoms with Crippen molar-refractivity contribution in [2.24, 2.45) is 0 Å². The second kappa shape index (κ2) is 3.41. The molecule has 0 aliphatic heterocycles. The average molecular weight is 190 g/mol. The van der Waals surface area contributed by atoms with Crippen LogP contribution in [0.25, 0.3) is 0 Å². The Morgan fingerprint density at radius 2 is 1.36 bits per heavy atom. The second-order valence-corrected chi connectivity index (χ2v) is 22.0. The van der Waals surface area contributed by atoms with Gasteiger partial charge in [0.05, 0.1) is 7.59 Å². The minimum atomic E-state index is -1.09. The van der Waals surface area contributed by atoms with Gasteiger partial charge in [-0.05, 0) is 6.92 Å². The average Bonchev–Trinajstić information content (AvgIpc) is 1.83. The molecule has 0 radical (unpaired) electrons. The first-order valence-corrected chi connectivity index (χ1v) is 11.8. The van der Waals surface area contributed by atoms with Crippen LogP contribution in [0.3, 0.4) is 0 Å². The van der Waals surface area contributed by atoms with Gasteiger partial charge >= 0.3 is 0 Å². The summed E-state index contributed by atoms with van der Waals surface area (Å²) in [4.78, 5) is 0. The van der Waals surface area contributed by atoms with Crippen molar-refractivity contribution in [3.8, 4) is 0 Å². The molecule has 1 atom stereocenters. The van der Waals surface area contributed by atoms with Crippen molar-refractivity contribution in [1.29, 1.82) is 0 Å². The Morgan fingerprint density at radius 1 is 1.00 bits per heavy atom. The minimum absolute atomic E-state index is 0.508. The minimum Gasteiger partial charge on any atom is -0.385 e. The van der Waals surface area contributed by atoms with Gasteiger partial charge in [-0.3, -0.25) is 0 Å². The Hall–Kier alpha value is 0.394. The van der Waals surface area contributed by atoms with Crippen LogP contribution in [0.4, 0.5) is 0 Å². The van der Waals surface area contributed by atoms with Crippen LogP contribution >= 0.6 is 0 Å². The van der Waals surface area contributed by atoms with Crippen LogP contribution in [-0.2, 0) is 4.74 Å². The molecule has 0 rings (SSSR count). The molecule has 0 heterocycles. The van der Waals surface area contributed by atoms with Crippen molar-refractivity contribution in [1.82, 2.24) is 0 Å². The quantitative estimate of drug-likeness (QED) is 0.622. The van der Waals surface area contributed by atoms with Gasteiger partial charge in [-0.1, -0.05) is 32.7 Å². The molecule has 0 saturated carbocycles.